The van der Waals surface area contributed by atoms with Gasteiger partial charge in [-0.2, -0.15) is 0 Å². The summed E-state index contributed by atoms with van der Waals surface area (Å²) in [6.45, 7) is 1.49. The SMILES string of the molecule is CC1C(=O)Nc2ccccc2N1S(=O)(=O)c1cccc(-n2c(=O)[nH]c3ccccc3c2=O)c1. The Morgan fingerprint density at radius 2 is 1.61 bits per heavy atom. The van der Waals surface area contributed by atoms with E-state index in [-0.39, 0.29) is 10.6 Å². The van der Waals surface area contributed by atoms with Crippen LogP contribution in [0.4, 0.5) is 11.4 Å². The van der Waals surface area contributed by atoms with Crippen LogP contribution in [0.2, 0.25) is 0 Å². The summed E-state index contributed by atoms with van der Waals surface area (Å²) in [7, 11) is -4.21. The molecule has 1 unspecified atom stereocenters. The Hall–Kier alpha value is -4.18. The van der Waals surface area contributed by atoms with Gasteiger partial charge in [0.2, 0.25) is 5.91 Å². The molecule has 5 rings (SSSR count). The predicted molar refractivity (Wildman–Crippen MR) is 124 cm³/mol. The molecule has 1 aliphatic rings. The number of benzene rings is 3. The Balaban J connectivity index is 1.68. The standard InChI is InChI=1S/C23H18N4O5S/c1-14-21(28)24-19-11-4-5-12-20(19)27(14)33(31,32)16-8-6-7-15(13-16)26-22(29)17-9-2-3-10-18(17)25-23(26)30/h2-14H,1H3,(H,24,28)(H,25,30). The first-order chi connectivity index (χ1) is 15.8. The van der Waals surface area contributed by atoms with Crippen molar-refractivity contribution in [1.29, 1.82) is 0 Å². The minimum Gasteiger partial charge on any atom is -0.322 e. The summed E-state index contributed by atoms with van der Waals surface area (Å²) < 4.78 is 29.2. The Kier molecular flexibility index (Phi) is 4.68. The first-order valence-corrected chi connectivity index (χ1v) is 11.5. The van der Waals surface area contributed by atoms with Gasteiger partial charge in [0.25, 0.3) is 15.6 Å². The Bertz CT molecular complexity index is 1660. The molecular weight excluding hydrogens is 444 g/mol. The number of amides is 1. The van der Waals surface area contributed by atoms with E-state index in [1.54, 1.807) is 48.5 Å². The number of anilines is 2. The molecule has 0 radical (unpaired) electrons. The number of nitrogens with zero attached hydrogens (tertiary/aromatic N) is 2. The number of nitrogens with one attached hydrogen (secondary N) is 2. The first kappa shape index (κ1) is 20.7. The van der Waals surface area contributed by atoms with Crippen molar-refractivity contribution in [2.75, 3.05) is 9.62 Å². The molecular formula is C23H18N4O5S. The van der Waals surface area contributed by atoms with Crippen LogP contribution >= 0.6 is 0 Å². The van der Waals surface area contributed by atoms with Crippen LogP contribution < -0.4 is 20.9 Å². The van der Waals surface area contributed by atoms with Gasteiger partial charge in [0.1, 0.15) is 6.04 Å². The average Bonchev–Trinajstić information content (AvgIpc) is 2.80. The minimum absolute atomic E-state index is 0.0930. The Morgan fingerprint density at radius 1 is 0.879 bits per heavy atom. The smallest absolute Gasteiger partial charge is 0.322 e. The van der Waals surface area contributed by atoms with Crippen LogP contribution in [0.3, 0.4) is 0 Å². The van der Waals surface area contributed by atoms with Crippen molar-refractivity contribution in [3.8, 4) is 5.69 Å². The largest absolute Gasteiger partial charge is 0.333 e. The molecule has 2 heterocycles. The molecule has 0 fully saturated rings. The van der Waals surface area contributed by atoms with Gasteiger partial charge in [0.15, 0.2) is 0 Å². The summed E-state index contributed by atoms with van der Waals surface area (Å²) in [5.41, 5.74) is -0.0738. The Labute approximate surface area is 188 Å². The van der Waals surface area contributed by atoms with Crippen LogP contribution in [-0.2, 0) is 14.8 Å². The van der Waals surface area contributed by atoms with E-state index < -0.39 is 33.2 Å². The number of hydrogen-bond donors (Lipinski definition) is 2. The number of carbonyl (C=O) groups is 1. The number of carbonyl (C=O) groups excluding carboxylic acids is 1. The number of para-hydroxylation sites is 3. The molecule has 0 saturated heterocycles. The number of aromatic nitrogens is 2. The summed E-state index contributed by atoms with van der Waals surface area (Å²) in [5.74, 6) is -0.462. The fourth-order valence-electron chi connectivity index (χ4n) is 3.95. The summed E-state index contributed by atoms with van der Waals surface area (Å²) in [6, 6.07) is 17.7. The van der Waals surface area contributed by atoms with Crippen LogP contribution in [0.1, 0.15) is 6.92 Å². The van der Waals surface area contributed by atoms with E-state index in [2.05, 4.69) is 10.3 Å². The normalized spacial score (nSPS) is 15.8. The van der Waals surface area contributed by atoms with Crippen molar-refractivity contribution in [3.05, 3.63) is 93.6 Å². The molecule has 4 aromatic rings. The predicted octanol–water partition coefficient (Wildman–Crippen LogP) is 2.21. The second-order valence-corrected chi connectivity index (χ2v) is 9.41. The highest BCUT2D eigenvalue weighted by atomic mass is 32.2. The molecule has 0 bridgehead atoms. The van der Waals surface area contributed by atoms with Gasteiger partial charge >= 0.3 is 5.69 Å². The first-order valence-electron chi connectivity index (χ1n) is 10.1. The molecule has 0 aliphatic carbocycles. The Morgan fingerprint density at radius 3 is 2.42 bits per heavy atom. The zero-order chi connectivity index (χ0) is 23.3. The lowest BCUT2D eigenvalue weighted by Gasteiger charge is -2.35. The third kappa shape index (κ3) is 3.23. The van der Waals surface area contributed by atoms with E-state index in [1.165, 1.54) is 31.2 Å². The molecule has 10 heteroatoms. The van der Waals surface area contributed by atoms with Crippen molar-refractivity contribution in [2.24, 2.45) is 0 Å². The molecule has 1 aliphatic heterocycles. The zero-order valence-corrected chi connectivity index (χ0v) is 18.2. The summed E-state index contributed by atoms with van der Waals surface area (Å²) in [5, 5.41) is 2.99. The quantitative estimate of drug-likeness (QED) is 0.484. The number of hydrogen-bond acceptors (Lipinski definition) is 5. The van der Waals surface area contributed by atoms with Gasteiger partial charge in [0.05, 0.1) is 32.9 Å². The molecule has 1 aromatic heterocycles. The lowest BCUT2D eigenvalue weighted by atomic mass is 10.1. The molecule has 2 N–H and O–H groups in total. The van der Waals surface area contributed by atoms with Crippen LogP contribution in [0.5, 0.6) is 0 Å². The number of rotatable bonds is 3. The maximum atomic E-state index is 13.6. The third-order valence-electron chi connectivity index (χ3n) is 5.57. The fraction of sp³-hybridized carbons (Fsp3) is 0.0870. The second-order valence-electron chi connectivity index (χ2n) is 7.60. The highest BCUT2D eigenvalue weighted by Crippen LogP contribution is 2.36. The van der Waals surface area contributed by atoms with Crippen LogP contribution in [0.15, 0.2) is 87.3 Å². The minimum atomic E-state index is -4.21. The van der Waals surface area contributed by atoms with Gasteiger partial charge in [-0.15, -0.1) is 0 Å². The van der Waals surface area contributed by atoms with E-state index in [4.69, 9.17) is 0 Å². The van der Waals surface area contributed by atoms with Crippen molar-refractivity contribution < 1.29 is 13.2 Å². The number of fused-ring (bicyclic) bond motifs is 2. The van der Waals surface area contributed by atoms with E-state index in [0.29, 0.717) is 22.3 Å². The highest BCUT2D eigenvalue weighted by Gasteiger charge is 2.38. The van der Waals surface area contributed by atoms with Crippen molar-refractivity contribution in [3.63, 3.8) is 0 Å². The second kappa shape index (κ2) is 7.45. The molecule has 0 spiro atoms. The van der Waals surface area contributed by atoms with E-state index in [9.17, 15) is 22.8 Å². The highest BCUT2D eigenvalue weighted by molar-refractivity contribution is 7.93. The van der Waals surface area contributed by atoms with Gasteiger partial charge in [-0.1, -0.05) is 30.3 Å². The van der Waals surface area contributed by atoms with E-state index in [1.807, 2.05) is 0 Å². The maximum absolute atomic E-state index is 13.6. The van der Waals surface area contributed by atoms with Gasteiger partial charge in [0, 0.05) is 0 Å². The number of sulfonamides is 1. The van der Waals surface area contributed by atoms with Crippen LogP contribution in [0.25, 0.3) is 16.6 Å². The number of H-pyrrole nitrogens is 1. The number of aromatic amines is 1. The van der Waals surface area contributed by atoms with Gasteiger partial charge in [-0.05, 0) is 49.4 Å². The van der Waals surface area contributed by atoms with E-state index >= 15 is 0 Å². The molecule has 33 heavy (non-hydrogen) atoms. The van der Waals surface area contributed by atoms with Crippen LogP contribution in [0, 0.1) is 0 Å². The van der Waals surface area contributed by atoms with Crippen molar-refractivity contribution in [1.82, 2.24) is 9.55 Å². The van der Waals surface area contributed by atoms with Crippen molar-refractivity contribution in [2.45, 2.75) is 17.9 Å². The van der Waals surface area contributed by atoms with Gasteiger partial charge in [-0.3, -0.25) is 13.9 Å². The molecule has 1 amide bonds. The summed E-state index contributed by atoms with van der Waals surface area (Å²) in [6.07, 6.45) is 0. The third-order valence-corrected chi connectivity index (χ3v) is 7.45. The molecule has 9 nitrogen and oxygen atoms in total. The van der Waals surface area contributed by atoms with Gasteiger partial charge in [-0.25, -0.2) is 17.8 Å². The average molecular weight is 462 g/mol. The van der Waals surface area contributed by atoms with Crippen LogP contribution in [-0.4, -0.2) is 29.9 Å². The molecule has 3 aromatic carbocycles. The summed E-state index contributed by atoms with van der Waals surface area (Å²) in [4.78, 5) is 40.6. The fourth-order valence-corrected chi connectivity index (χ4v) is 5.63. The zero-order valence-electron chi connectivity index (χ0n) is 17.3. The summed E-state index contributed by atoms with van der Waals surface area (Å²) >= 11 is 0. The molecule has 166 valence electrons. The topological polar surface area (TPSA) is 121 Å². The monoisotopic (exact) mass is 462 g/mol. The van der Waals surface area contributed by atoms with Crippen molar-refractivity contribution >= 4 is 38.2 Å². The molecule has 1 atom stereocenters. The lowest BCUT2D eigenvalue weighted by Crippen LogP contribution is -2.49. The molecule has 0 saturated carbocycles. The maximum Gasteiger partial charge on any atom is 0.333 e. The van der Waals surface area contributed by atoms with Gasteiger partial charge < -0.3 is 10.3 Å². The van der Waals surface area contributed by atoms with E-state index in [0.717, 1.165) is 8.87 Å². The lowest BCUT2D eigenvalue weighted by molar-refractivity contribution is -0.117.